The van der Waals surface area contributed by atoms with Crippen LogP contribution in [-0.2, 0) is 9.09 Å². The van der Waals surface area contributed by atoms with Gasteiger partial charge in [-0.1, -0.05) is 13.8 Å². The highest BCUT2D eigenvalue weighted by Crippen LogP contribution is 2.53. The van der Waals surface area contributed by atoms with Crippen molar-refractivity contribution in [3.8, 4) is 0 Å². The molecule has 0 radical (unpaired) electrons. The molecule has 15 heavy (non-hydrogen) atoms. The molecule has 5 nitrogen and oxygen atoms in total. The third-order valence-corrected chi connectivity index (χ3v) is 5.65. The predicted octanol–water partition coefficient (Wildman–Crippen LogP) is 0.988. The number of hydrogen-bond acceptors (Lipinski definition) is 3. The molecule has 1 N–H and O–H groups in total. The van der Waals surface area contributed by atoms with E-state index in [0.717, 1.165) is 39.3 Å². The summed E-state index contributed by atoms with van der Waals surface area (Å²) in [6.45, 7) is 8.84. The van der Waals surface area contributed by atoms with Gasteiger partial charge < -0.3 is 9.84 Å². The number of nitrogens with zero attached hydrogens (tertiary/aromatic N) is 2. The molecule has 0 amide bonds. The fraction of sp³-hybridized carbons (Fsp3) is 1.00. The largest absolute Gasteiger partial charge is 0.345 e. The van der Waals surface area contributed by atoms with Crippen molar-refractivity contribution in [3.05, 3.63) is 0 Å². The van der Waals surface area contributed by atoms with E-state index in [1.54, 1.807) is 7.11 Å². The highest BCUT2D eigenvalue weighted by molar-refractivity contribution is 7.53. The van der Waals surface area contributed by atoms with Crippen LogP contribution in [0.5, 0.6) is 0 Å². The van der Waals surface area contributed by atoms with E-state index in [0.29, 0.717) is 0 Å². The molecular weight excluding hydrogens is 213 g/mol. The summed E-state index contributed by atoms with van der Waals surface area (Å²) in [6, 6.07) is 0. The average molecular weight is 235 g/mol. The van der Waals surface area contributed by atoms with Crippen LogP contribution in [0.1, 0.15) is 13.8 Å². The van der Waals surface area contributed by atoms with E-state index < -0.39 is 7.67 Å². The van der Waals surface area contributed by atoms with Gasteiger partial charge in [0.2, 0.25) is 0 Å². The maximum atomic E-state index is 12.7. The van der Waals surface area contributed by atoms with Crippen LogP contribution in [0.2, 0.25) is 0 Å². The number of nitrogens with one attached hydrogen (secondary N) is 1. The fourth-order valence-corrected chi connectivity index (χ4v) is 4.12. The molecule has 90 valence electrons. The molecule has 6 heteroatoms. The van der Waals surface area contributed by atoms with Gasteiger partial charge in [0.15, 0.2) is 0 Å². The van der Waals surface area contributed by atoms with Crippen LogP contribution in [0, 0.1) is 0 Å². The van der Waals surface area contributed by atoms with Crippen molar-refractivity contribution in [1.29, 1.82) is 0 Å². The van der Waals surface area contributed by atoms with E-state index in [9.17, 15) is 4.57 Å². The summed E-state index contributed by atoms with van der Waals surface area (Å²) in [5.74, 6) is 0. The second-order valence-electron chi connectivity index (χ2n) is 3.52. The summed E-state index contributed by atoms with van der Waals surface area (Å²) in [7, 11) is -1.22. The van der Waals surface area contributed by atoms with Crippen molar-refractivity contribution in [2.24, 2.45) is 0 Å². The Morgan fingerprint density at radius 3 is 2.00 bits per heavy atom. The number of likely N-dealkylation sites (N-methyl/N-ethyl adjacent to an activating group) is 2. The van der Waals surface area contributed by atoms with E-state index >= 15 is 0 Å². The van der Waals surface area contributed by atoms with Crippen molar-refractivity contribution < 1.29 is 9.09 Å². The van der Waals surface area contributed by atoms with E-state index in [2.05, 4.69) is 5.32 Å². The van der Waals surface area contributed by atoms with Gasteiger partial charge in [0.1, 0.15) is 0 Å². The van der Waals surface area contributed by atoms with Crippen LogP contribution in [0.25, 0.3) is 0 Å². The van der Waals surface area contributed by atoms with Gasteiger partial charge in [0.05, 0.1) is 0 Å². The molecule has 0 unspecified atom stereocenters. The minimum absolute atomic E-state index is 0.753. The zero-order valence-corrected chi connectivity index (χ0v) is 10.8. The molecular formula is C9H22N3O2P. The normalized spacial score (nSPS) is 24.7. The van der Waals surface area contributed by atoms with Gasteiger partial charge in [-0.2, -0.15) is 0 Å². The van der Waals surface area contributed by atoms with Crippen LogP contribution in [0.4, 0.5) is 0 Å². The van der Waals surface area contributed by atoms with Gasteiger partial charge >= 0.3 is 7.67 Å². The van der Waals surface area contributed by atoms with E-state index in [1.165, 1.54) is 0 Å². The fourth-order valence-electron chi connectivity index (χ4n) is 1.88. The molecule has 0 atom stereocenters. The summed E-state index contributed by atoms with van der Waals surface area (Å²) in [4.78, 5) is 0. The minimum atomic E-state index is -2.76. The van der Waals surface area contributed by atoms with Crippen molar-refractivity contribution in [3.63, 3.8) is 0 Å². The maximum Gasteiger partial charge on any atom is 0.345 e. The van der Waals surface area contributed by atoms with Crippen LogP contribution in [0.15, 0.2) is 0 Å². The molecule has 0 aromatic heterocycles. The van der Waals surface area contributed by atoms with E-state index in [4.69, 9.17) is 4.52 Å². The van der Waals surface area contributed by atoms with Gasteiger partial charge in [-0.15, -0.1) is 0 Å². The van der Waals surface area contributed by atoms with Crippen molar-refractivity contribution >= 4 is 7.67 Å². The van der Waals surface area contributed by atoms with E-state index in [1.807, 2.05) is 23.2 Å². The summed E-state index contributed by atoms with van der Waals surface area (Å²) in [5.41, 5.74) is 0. The molecule has 1 aliphatic heterocycles. The molecule has 1 heterocycles. The summed E-state index contributed by atoms with van der Waals surface area (Å²) >= 11 is 0. The Labute approximate surface area is 92.3 Å². The first kappa shape index (κ1) is 13.1. The van der Waals surface area contributed by atoms with Crippen molar-refractivity contribution in [2.75, 3.05) is 46.4 Å². The topological polar surface area (TPSA) is 44.8 Å². The van der Waals surface area contributed by atoms with Gasteiger partial charge in [-0.3, -0.25) is 4.57 Å². The lowest BCUT2D eigenvalue weighted by Gasteiger charge is -2.38. The Balaban J connectivity index is 2.88. The second-order valence-corrected chi connectivity index (χ2v) is 5.99. The summed E-state index contributed by atoms with van der Waals surface area (Å²) in [6.07, 6.45) is 0. The Morgan fingerprint density at radius 1 is 1.20 bits per heavy atom. The third-order valence-electron chi connectivity index (χ3n) is 2.78. The zero-order chi connectivity index (χ0) is 11.3. The molecule has 1 aliphatic rings. The van der Waals surface area contributed by atoms with Crippen LogP contribution < -0.4 is 5.32 Å². The smallest absolute Gasteiger partial charge is 0.314 e. The Bertz CT molecular complexity index is 219. The van der Waals surface area contributed by atoms with E-state index in [-0.39, 0.29) is 0 Å². The maximum absolute atomic E-state index is 12.7. The standard InChI is InChI=1S/C9H22N3O2P/c1-4-11-8-6-10-7-9-12(5-2)15(11,13)14-3/h10H,4-9H2,1-3H3. The third kappa shape index (κ3) is 2.80. The molecule has 1 fully saturated rings. The Morgan fingerprint density at radius 2 is 1.67 bits per heavy atom. The first-order chi connectivity index (χ1) is 7.19. The first-order valence-electron chi connectivity index (χ1n) is 5.56. The zero-order valence-electron chi connectivity index (χ0n) is 9.90. The SMILES string of the molecule is CCN1CCNCCN(CC)P1(=O)OC. The Hall–Kier alpha value is 0.0700. The molecule has 0 spiro atoms. The lowest BCUT2D eigenvalue weighted by molar-refractivity contribution is 0.232. The molecule has 0 bridgehead atoms. The molecule has 1 saturated heterocycles. The molecule has 1 rings (SSSR count). The number of hydrogen-bond donors (Lipinski definition) is 1. The quantitative estimate of drug-likeness (QED) is 0.739. The van der Waals surface area contributed by atoms with Crippen LogP contribution >= 0.6 is 7.67 Å². The van der Waals surface area contributed by atoms with Crippen LogP contribution in [0.3, 0.4) is 0 Å². The van der Waals surface area contributed by atoms with Crippen molar-refractivity contribution in [2.45, 2.75) is 13.8 Å². The lowest BCUT2D eigenvalue weighted by atomic mass is 10.5. The first-order valence-corrected chi connectivity index (χ1v) is 7.09. The van der Waals surface area contributed by atoms with Gasteiger partial charge in [-0.05, 0) is 0 Å². The van der Waals surface area contributed by atoms with Gasteiger partial charge in [0.25, 0.3) is 0 Å². The summed E-state index contributed by atoms with van der Waals surface area (Å²) < 4.78 is 21.9. The predicted molar refractivity (Wildman–Crippen MR) is 62.0 cm³/mol. The van der Waals surface area contributed by atoms with Crippen molar-refractivity contribution in [1.82, 2.24) is 14.7 Å². The summed E-state index contributed by atoms with van der Waals surface area (Å²) in [5, 5.41) is 3.32. The second kappa shape index (κ2) is 5.97. The van der Waals surface area contributed by atoms with Crippen LogP contribution in [-0.4, -0.2) is 55.7 Å². The van der Waals surface area contributed by atoms with Gasteiger partial charge in [-0.25, -0.2) is 9.34 Å². The Kier molecular flexibility index (Phi) is 5.23. The molecule has 0 saturated carbocycles. The lowest BCUT2D eigenvalue weighted by Crippen LogP contribution is -2.43. The number of rotatable bonds is 3. The highest BCUT2D eigenvalue weighted by Gasteiger charge is 2.36. The minimum Gasteiger partial charge on any atom is -0.314 e. The average Bonchev–Trinajstić information content (AvgIpc) is 2.25. The van der Waals surface area contributed by atoms with Gasteiger partial charge in [0, 0.05) is 46.4 Å². The molecule has 0 aliphatic carbocycles. The monoisotopic (exact) mass is 235 g/mol. The molecule has 0 aromatic rings. The highest BCUT2D eigenvalue weighted by atomic mass is 31.2. The molecule has 0 aromatic carbocycles.